The Bertz CT molecular complexity index is 1200. The van der Waals surface area contributed by atoms with Crippen molar-refractivity contribution in [2.75, 3.05) is 7.11 Å². The number of carbonyl (C=O) groups excluding carboxylic acids is 4. The molecule has 1 aliphatic rings. The van der Waals surface area contributed by atoms with E-state index in [4.69, 9.17) is 9.94 Å². The number of hydrogen-bond acceptors (Lipinski definition) is 6. The molecule has 1 aromatic heterocycles. The van der Waals surface area contributed by atoms with Gasteiger partial charge in [-0.3, -0.25) is 24.5 Å². The first-order valence-electron chi connectivity index (χ1n) is 10.0. The summed E-state index contributed by atoms with van der Waals surface area (Å²) in [6.07, 6.45) is 2.39. The van der Waals surface area contributed by atoms with Crippen LogP contribution in [0.2, 0.25) is 0 Å². The number of H-pyrrole nitrogens is 1. The van der Waals surface area contributed by atoms with Crippen LogP contribution >= 0.6 is 0 Å². The SMILES string of the molecule is COC(=O)[C@H](Cc1c[nH]c2cc(CCC(=O)NO)ccc12)N1C(=O)c2ccccc2C1=O. The maximum absolute atomic E-state index is 12.9. The summed E-state index contributed by atoms with van der Waals surface area (Å²) in [6.45, 7) is 0. The first-order chi connectivity index (χ1) is 15.4. The summed E-state index contributed by atoms with van der Waals surface area (Å²) in [4.78, 5) is 53.7. The molecule has 0 saturated heterocycles. The number of methoxy groups -OCH3 is 1. The van der Waals surface area contributed by atoms with Gasteiger partial charge in [-0.2, -0.15) is 0 Å². The van der Waals surface area contributed by atoms with Crippen LogP contribution in [-0.4, -0.2) is 51.9 Å². The maximum Gasteiger partial charge on any atom is 0.329 e. The fraction of sp³-hybridized carbons (Fsp3) is 0.217. The molecule has 1 aliphatic heterocycles. The lowest BCUT2D eigenvalue weighted by Gasteiger charge is -2.23. The van der Waals surface area contributed by atoms with Crippen LogP contribution in [0.4, 0.5) is 0 Å². The van der Waals surface area contributed by atoms with Gasteiger partial charge < -0.3 is 9.72 Å². The molecular weight excluding hydrogens is 414 g/mol. The number of hydroxylamine groups is 1. The topological polar surface area (TPSA) is 129 Å². The van der Waals surface area contributed by atoms with Gasteiger partial charge in [0, 0.05) is 29.9 Å². The number of fused-ring (bicyclic) bond motifs is 2. The molecule has 3 aromatic rings. The normalized spacial score (nSPS) is 13.9. The highest BCUT2D eigenvalue weighted by Gasteiger charge is 2.43. The molecule has 0 saturated carbocycles. The zero-order valence-electron chi connectivity index (χ0n) is 17.3. The van der Waals surface area contributed by atoms with Crippen molar-refractivity contribution in [3.63, 3.8) is 0 Å². The van der Waals surface area contributed by atoms with E-state index in [9.17, 15) is 19.2 Å². The third-order valence-corrected chi connectivity index (χ3v) is 5.62. The first-order valence-corrected chi connectivity index (χ1v) is 10.0. The predicted molar refractivity (Wildman–Crippen MR) is 113 cm³/mol. The number of esters is 1. The summed E-state index contributed by atoms with van der Waals surface area (Å²) in [7, 11) is 1.22. The van der Waals surface area contributed by atoms with Crippen molar-refractivity contribution in [2.45, 2.75) is 25.3 Å². The number of aromatic amines is 1. The van der Waals surface area contributed by atoms with Crippen LogP contribution in [0.25, 0.3) is 10.9 Å². The van der Waals surface area contributed by atoms with Crippen LogP contribution in [0.5, 0.6) is 0 Å². The minimum atomic E-state index is -1.11. The quantitative estimate of drug-likeness (QED) is 0.225. The van der Waals surface area contributed by atoms with Gasteiger partial charge in [-0.05, 0) is 35.7 Å². The predicted octanol–water partition coefficient (Wildman–Crippen LogP) is 1.99. The zero-order chi connectivity index (χ0) is 22.8. The van der Waals surface area contributed by atoms with Crippen LogP contribution in [0.15, 0.2) is 48.7 Å². The molecule has 0 aliphatic carbocycles. The first kappa shape index (κ1) is 21.3. The van der Waals surface area contributed by atoms with Gasteiger partial charge in [0.1, 0.15) is 6.04 Å². The number of rotatable bonds is 7. The Morgan fingerprint density at radius 2 is 1.81 bits per heavy atom. The molecular formula is C23H21N3O6. The zero-order valence-corrected chi connectivity index (χ0v) is 17.3. The smallest absolute Gasteiger partial charge is 0.329 e. The van der Waals surface area contributed by atoms with E-state index in [-0.39, 0.29) is 24.0 Å². The van der Waals surface area contributed by atoms with Crippen molar-refractivity contribution in [3.8, 4) is 0 Å². The van der Waals surface area contributed by atoms with E-state index in [1.807, 2.05) is 18.2 Å². The Balaban J connectivity index is 1.62. The summed E-state index contributed by atoms with van der Waals surface area (Å²) in [6, 6.07) is 10.9. The van der Waals surface area contributed by atoms with Crippen molar-refractivity contribution >= 4 is 34.6 Å². The van der Waals surface area contributed by atoms with Crippen molar-refractivity contribution in [1.82, 2.24) is 15.4 Å². The lowest BCUT2D eigenvalue weighted by atomic mass is 10.0. The highest BCUT2D eigenvalue weighted by molar-refractivity contribution is 6.22. The van der Waals surface area contributed by atoms with Crippen LogP contribution in [0.3, 0.4) is 0 Å². The Kier molecular flexibility index (Phi) is 5.74. The number of amides is 3. The number of imide groups is 1. The van der Waals surface area contributed by atoms with E-state index in [2.05, 4.69) is 4.98 Å². The van der Waals surface area contributed by atoms with Gasteiger partial charge in [0.25, 0.3) is 11.8 Å². The monoisotopic (exact) mass is 435 g/mol. The number of carbonyl (C=O) groups is 4. The Labute approximate surface area is 182 Å². The minimum absolute atomic E-state index is 0.0877. The maximum atomic E-state index is 12.9. The van der Waals surface area contributed by atoms with E-state index in [0.29, 0.717) is 6.42 Å². The van der Waals surface area contributed by atoms with Gasteiger partial charge in [-0.15, -0.1) is 0 Å². The second-order valence-electron chi connectivity index (χ2n) is 7.50. The summed E-state index contributed by atoms with van der Waals surface area (Å²) in [5.41, 5.74) is 4.55. The lowest BCUT2D eigenvalue weighted by molar-refractivity contribution is -0.145. The number of nitrogens with zero attached hydrogens (tertiary/aromatic N) is 1. The number of aryl methyl sites for hydroxylation is 1. The third kappa shape index (κ3) is 3.74. The molecule has 0 bridgehead atoms. The molecule has 32 heavy (non-hydrogen) atoms. The van der Waals surface area contributed by atoms with Gasteiger partial charge >= 0.3 is 5.97 Å². The molecule has 0 unspecified atom stereocenters. The molecule has 0 fully saturated rings. The van der Waals surface area contributed by atoms with Crippen LogP contribution in [0, 0.1) is 0 Å². The number of aromatic nitrogens is 1. The molecule has 3 amide bonds. The molecule has 2 aromatic carbocycles. The van der Waals surface area contributed by atoms with Crippen molar-refractivity contribution in [2.24, 2.45) is 0 Å². The summed E-state index contributed by atoms with van der Waals surface area (Å²) in [5, 5.41) is 9.45. The second kappa shape index (κ2) is 8.64. The van der Waals surface area contributed by atoms with Crippen LogP contribution < -0.4 is 5.48 Å². The largest absolute Gasteiger partial charge is 0.467 e. The van der Waals surface area contributed by atoms with E-state index in [1.54, 1.807) is 35.9 Å². The third-order valence-electron chi connectivity index (χ3n) is 5.62. The second-order valence-corrected chi connectivity index (χ2v) is 7.50. The molecule has 0 radical (unpaired) electrons. The van der Waals surface area contributed by atoms with Crippen molar-refractivity contribution in [3.05, 3.63) is 70.9 Å². The van der Waals surface area contributed by atoms with E-state index in [0.717, 1.165) is 26.9 Å². The molecule has 2 heterocycles. The molecule has 9 heteroatoms. The number of ether oxygens (including phenoxy) is 1. The fourth-order valence-corrected chi connectivity index (χ4v) is 3.99. The Hall–Kier alpha value is -3.98. The van der Waals surface area contributed by atoms with Crippen LogP contribution in [0.1, 0.15) is 38.3 Å². The van der Waals surface area contributed by atoms with Gasteiger partial charge in [-0.25, -0.2) is 10.3 Å². The molecule has 164 valence electrons. The van der Waals surface area contributed by atoms with E-state index in [1.165, 1.54) is 7.11 Å². The fourth-order valence-electron chi connectivity index (χ4n) is 3.99. The minimum Gasteiger partial charge on any atom is -0.467 e. The van der Waals surface area contributed by atoms with Gasteiger partial charge in [0.2, 0.25) is 5.91 Å². The summed E-state index contributed by atoms with van der Waals surface area (Å²) in [5.74, 6) is -2.20. The lowest BCUT2D eigenvalue weighted by Crippen LogP contribution is -2.46. The van der Waals surface area contributed by atoms with Crippen molar-refractivity contribution in [1.29, 1.82) is 0 Å². The molecule has 0 spiro atoms. The Morgan fingerprint density at radius 3 is 2.44 bits per heavy atom. The molecule has 1 atom stereocenters. The van der Waals surface area contributed by atoms with Gasteiger partial charge in [0.05, 0.1) is 18.2 Å². The summed E-state index contributed by atoms with van der Waals surface area (Å²) < 4.78 is 4.91. The van der Waals surface area contributed by atoms with Gasteiger partial charge in [-0.1, -0.05) is 24.3 Å². The average molecular weight is 435 g/mol. The van der Waals surface area contributed by atoms with Gasteiger partial charge in [0.15, 0.2) is 0 Å². The highest BCUT2D eigenvalue weighted by atomic mass is 16.5. The number of benzene rings is 2. The number of hydrogen-bond donors (Lipinski definition) is 3. The average Bonchev–Trinajstić information content (AvgIpc) is 3.33. The van der Waals surface area contributed by atoms with Crippen LogP contribution in [-0.2, 0) is 27.2 Å². The van der Waals surface area contributed by atoms with Crippen molar-refractivity contribution < 1.29 is 29.1 Å². The van der Waals surface area contributed by atoms with E-state index < -0.39 is 29.7 Å². The standard InChI is InChI=1S/C23H21N3O6/c1-32-23(30)19(26-21(28)16-4-2-3-5-17(16)22(26)29)11-14-12-24-18-10-13(6-8-15(14)18)7-9-20(27)25-31/h2-6,8,10,12,19,24,31H,7,9,11H2,1H3,(H,25,27)/t19-/m0/s1. The highest BCUT2D eigenvalue weighted by Crippen LogP contribution is 2.28. The molecule has 9 nitrogen and oxygen atoms in total. The summed E-state index contributed by atoms with van der Waals surface area (Å²) >= 11 is 0. The molecule has 4 rings (SSSR count). The Morgan fingerprint density at radius 1 is 1.12 bits per heavy atom. The van der Waals surface area contributed by atoms with E-state index >= 15 is 0 Å². The molecule has 3 N–H and O–H groups in total. The number of nitrogens with one attached hydrogen (secondary N) is 2.